The monoisotopic (exact) mass is 193 g/mol. The van der Waals surface area contributed by atoms with E-state index in [4.69, 9.17) is 15.2 Å². The molecule has 4 atom stereocenters. The smallest absolute Gasteiger partial charge is 0.190 e. The highest BCUT2D eigenvalue weighted by atomic mass is 16.7. The van der Waals surface area contributed by atoms with Crippen LogP contribution in [0.5, 0.6) is 0 Å². The Morgan fingerprint density at radius 1 is 1.62 bits per heavy atom. The third-order valence-corrected chi connectivity index (χ3v) is 2.24. The SMILES string of the molecule is CO[C@H]1OC[C@H](O)[C@H](O)[C@]1(O)CN. The Kier molecular flexibility index (Phi) is 3.23. The number of aliphatic hydroxyl groups excluding tert-OH is 2. The molecule has 0 unspecified atom stereocenters. The zero-order valence-corrected chi connectivity index (χ0v) is 7.38. The van der Waals surface area contributed by atoms with Gasteiger partial charge in [-0.15, -0.1) is 0 Å². The first-order valence-electron chi connectivity index (χ1n) is 3.99. The number of hydrogen-bond donors (Lipinski definition) is 4. The number of rotatable bonds is 2. The lowest BCUT2D eigenvalue weighted by molar-refractivity contribution is -0.305. The van der Waals surface area contributed by atoms with Crippen LogP contribution in [-0.4, -0.2) is 59.7 Å². The molecule has 6 heteroatoms. The van der Waals surface area contributed by atoms with Gasteiger partial charge in [-0.25, -0.2) is 0 Å². The van der Waals surface area contributed by atoms with Gasteiger partial charge in [0.25, 0.3) is 0 Å². The fraction of sp³-hybridized carbons (Fsp3) is 1.00. The summed E-state index contributed by atoms with van der Waals surface area (Å²) in [5.41, 5.74) is 3.53. The molecule has 1 saturated heterocycles. The summed E-state index contributed by atoms with van der Waals surface area (Å²) in [6.07, 6.45) is -3.49. The predicted molar refractivity (Wildman–Crippen MR) is 42.8 cm³/mol. The minimum atomic E-state index is -1.74. The van der Waals surface area contributed by atoms with Gasteiger partial charge in [0.1, 0.15) is 12.2 Å². The lowest BCUT2D eigenvalue weighted by Gasteiger charge is -2.43. The summed E-state index contributed by atoms with van der Waals surface area (Å²) in [7, 11) is 1.33. The maximum atomic E-state index is 9.79. The van der Waals surface area contributed by atoms with Gasteiger partial charge in [0, 0.05) is 13.7 Å². The lowest BCUT2D eigenvalue weighted by atomic mass is 9.90. The maximum absolute atomic E-state index is 9.79. The van der Waals surface area contributed by atoms with Gasteiger partial charge in [-0.05, 0) is 0 Å². The van der Waals surface area contributed by atoms with Gasteiger partial charge >= 0.3 is 0 Å². The molecular formula is C7H15NO5. The second-order valence-corrected chi connectivity index (χ2v) is 3.11. The van der Waals surface area contributed by atoms with Crippen LogP contribution in [0.25, 0.3) is 0 Å². The van der Waals surface area contributed by atoms with Crippen molar-refractivity contribution in [3.63, 3.8) is 0 Å². The predicted octanol–water partition coefficient (Wildman–Crippen LogP) is -2.60. The van der Waals surface area contributed by atoms with Gasteiger partial charge in [-0.1, -0.05) is 0 Å². The topological polar surface area (TPSA) is 105 Å². The van der Waals surface area contributed by atoms with Crippen molar-refractivity contribution in [2.24, 2.45) is 5.73 Å². The van der Waals surface area contributed by atoms with Crippen molar-refractivity contribution in [2.45, 2.75) is 24.1 Å². The Hall–Kier alpha value is -0.240. The molecule has 5 N–H and O–H groups in total. The Morgan fingerprint density at radius 3 is 2.69 bits per heavy atom. The van der Waals surface area contributed by atoms with Gasteiger partial charge in [-0.3, -0.25) is 0 Å². The van der Waals surface area contributed by atoms with Gasteiger partial charge in [0.05, 0.1) is 6.61 Å². The molecule has 13 heavy (non-hydrogen) atoms. The van der Waals surface area contributed by atoms with Gasteiger partial charge < -0.3 is 30.5 Å². The molecule has 1 aliphatic heterocycles. The summed E-state index contributed by atoms with van der Waals surface area (Å²) in [4.78, 5) is 0. The molecule has 1 fully saturated rings. The Labute approximate surface area is 75.9 Å². The molecule has 0 aromatic rings. The van der Waals surface area contributed by atoms with E-state index in [0.717, 1.165) is 0 Å². The molecular weight excluding hydrogens is 178 g/mol. The number of hydrogen-bond acceptors (Lipinski definition) is 6. The molecule has 6 nitrogen and oxygen atoms in total. The van der Waals surface area contributed by atoms with E-state index in [1.807, 2.05) is 0 Å². The van der Waals surface area contributed by atoms with Gasteiger partial charge in [0.15, 0.2) is 11.9 Å². The van der Waals surface area contributed by atoms with Crippen molar-refractivity contribution in [3.05, 3.63) is 0 Å². The third-order valence-electron chi connectivity index (χ3n) is 2.24. The molecule has 1 rings (SSSR count). The fourth-order valence-corrected chi connectivity index (χ4v) is 1.38. The van der Waals surface area contributed by atoms with Crippen molar-refractivity contribution in [3.8, 4) is 0 Å². The van der Waals surface area contributed by atoms with E-state index in [9.17, 15) is 15.3 Å². The normalized spacial score (nSPS) is 46.4. The fourth-order valence-electron chi connectivity index (χ4n) is 1.38. The zero-order chi connectivity index (χ0) is 10.1. The highest BCUT2D eigenvalue weighted by Crippen LogP contribution is 2.25. The van der Waals surface area contributed by atoms with Crippen molar-refractivity contribution in [1.29, 1.82) is 0 Å². The highest BCUT2D eigenvalue weighted by molar-refractivity contribution is 4.97. The summed E-state index contributed by atoms with van der Waals surface area (Å²) in [5, 5.41) is 28.5. The first kappa shape index (κ1) is 10.8. The highest BCUT2D eigenvalue weighted by Gasteiger charge is 2.50. The van der Waals surface area contributed by atoms with Crippen LogP contribution in [-0.2, 0) is 9.47 Å². The molecule has 0 aromatic carbocycles. The Balaban J connectivity index is 2.80. The van der Waals surface area contributed by atoms with E-state index in [1.54, 1.807) is 0 Å². The van der Waals surface area contributed by atoms with Crippen LogP contribution in [0.3, 0.4) is 0 Å². The first-order chi connectivity index (χ1) is 6.06. The number of nitrogens with two attached hydrogens (primary N) is 1. The van der Waals surface area contributed by atoms with Crippen molar-refractivity contribution < 1.29 is 24.8 Å². The summed E-state index contributed by atoms with van der Waals surface area (Å²) >= 11 is 0. The lowest BCUT2D eigenvalue weighted by Crippen LogP contribution is -2.66. The minimum Gasteiger partial charge on any atom is -0.388 e. The average Bonchev–Trinajstić information content (AvgIpc) is 2.15. The third kappa shape index (κ3) is 1.69. The van der Waals surface area contributed by atoms with E-state index < -0.39 is 24.1 Å². The molecule has 0 amide bonds. The summed E-state index contributed by atoms with van der Waals surface area (Å²) in [6, 6.07) is 0. The molecule has 78 valence electrons. The van der Waals surface area contributed by atoms with E-state index in [-0.39, 0.29) is 13.2 Å². The maximum Gasteiger partial charge on any atom is 0.190 e. The van der Waals surface area contributed by atoms with Crippen LogP contribution in [0.1, 0.15) is 0 Å². The van der Waals surface area contributed by atoms with Crippen LogP contribution in [0.2, 0.25) is 0 Å². The molecule has 0 aliphatic carbocycles. The van der Waals surface area contributed by atoms with Gasteiger partial charge in [-0.2, -0.15) is 0 Å². The van der Waals surface area contributed by atoms with Crippen molar-refractivity contribution in [2.75, 3.05) is 20.3 Å². The van der Waals surface area contributed by atoms with Crippen LogP contribution < -0.4 is 5.73 Å². The number of methoxy groups -OCH3 is 1. The molecule has 0 spiro atoms. The second-order valence-electron chi connectivity index (χ2n) is 3.11. The molecule has 1 aliphatic rings. The Bertz CT molecular complexity index is 174. The largest absolute Gasteiger partial charge is 0.388 e. The van der Waals surface area contributed by atoms with E-state index in [1.165, 1.54) is 7.11 Å². The van der Waals surface area contributed by atoms with Crippen molar-refractivity contribution in [1.82, 2.24) is 0 Å². The molecule has 1 heterocycles. The van der Waals surface area contributed by atoms with Crippen LogP contribution in [0.15, 0.2) is 0 Å². The first-order valence-corrected chi connectivity index (χ1v) is 3.99. The zero-order valence-electron chi connectivity index (χ0n) is 7.38. The number of ether oxygens (including phenoxy) is 2. The van der Waals surface area contributed by atoms with Crippen molar-refractivity contribution >= 4 is 0 Å². The van der Waals surface area contributed by atoms with E-state index >= 15 is 0 Å². The minimum absolute atomic E-state index is 0.0814. The summed E-state index contributed by atoms with van der Waals surface area (Å²) in [6.45, 7) is -0.328. The van der Waals surface area contributed by atoms with Gasteiger partial charge in [0.2, 0.25) is 0 Å². The quantitative estimate of drug-likeness (QED) is 0.383. The van der Waals surface area contributed by atoms with E-state index in [2.05, 4.69) is 0 Å². The summed E-state index contributed by atoms with van der Waals surface area (Å²) < 4.78 is 9.75. The molecule has 0 radical (unpaired) electrons. The Morgan fingerprint density at radius 2 is 2.23 bits per heavy atom. The van der Waals surface area contributed by atoms with Crippen LogP contribution >= 0.6 is 0 Å². The second kappa shape index (κ2) is 3.87. The molecule has 0 bridgehead atoms. The molecule has 0 aromatic heterocycles. The molecule has 0 saturated carbocycles. The average molecular weight is 193 g/mol. The summed E-state index contributed by atoms with van der Waals surface area (Å²) in [5.74, 6) is 0. The van der Waals surface area contributed by atoms with E-state index in [0.29, 0.717) is 0 Å². The standard InChI is InChI=1S/C7H15NO5/c1-12-6-7(11,3-8)5(10)4(9)2-13-6/h4-6,9-11H,2-3,8H2,1H3/t4-,5-,6-,7+/m0/s1. The van der Waals surface area contributed by atoms with Crippen LogP contribution in [0, 0.1) is 0 Å². The number of aliphatic hydroxyl groups is 3. The van der Waals surface area contributed by atoms with Crippen LogP contribution in [0.4, 0.5) is 0 Å².